The van der Waals surface area contributed by atoms with E-state index >= 15 is 0 Å². The number of esters is 1. The summed E-state index contributed by atoms with van der Waals surface area (Å²) in [7, 11) is 0. The zero-order valence-electron chi connectivity index (χ0n) is 13.5. The Bertz CT molecular complexity index is 718. The third-order valence-electron chi connectivity index (χ3n) is 3.94. The molecule has 1 saturated carbocycles. The summed E-state index contributed by atoms with van der Waals surface area (Å²) in [5.74, 6) is -0.680. The van der Waals surface area contributed by atoms with E-state index in [1.807, 2.05) is 16.9 Å². The Kier molecular flexibility index (Phi) is 5.24. The summed E-state index contributed by atoms with van der Waals surface area (Å²) in [4.78, 5) is 27.7. The van der Waals surface area contributed by atoms with Gasteiger partial charge < -0.3 is 10.1 Å². The number of nitrogens with one attached hydrogen (secondary N) is 1. The van der Waals surface area contributed by atoms with Crippen LogP contribution in [0.2, 0.25) is 0 Å². The molecule has 24 heavy (non-hydrogen) atoms. The quantitative estimate of drug-likeness (QED) is 0.811. The Hall–Kier alpha value is -2.22. The number of carbonyl (C=O) groups is 2. The first-order valence-corrected chi connectivity index (χ1v) is 9.00. The van der Waals surface area contributed by atoms with Crippen LogP contribution >= 0.6 is 11.3 Å². The first-order chi connectivity index (χ1) is 11.7. The number of anilines is 1. The number of thiazole rings is 1. The fourth-order valence-electron chi connectivity index (χ4n) is 2.80. The van der Waals surface area contributed by atoms with Crippen molar-refractivity contribution in [2.75, 3.05) is 11.9 Å². The van der Waals surface area contributed by atoms with E-state index in [1.54, 1.807) is 12.3 Å². The summed E-state index contributed by atoms with van der Waals surface area (Å²) in [5, 5.41) is 9.15. The topological polar surface area (TPSA) is 86.1 Å². The van der Waals surface area contributed by atoms with Gasteiger partial charge in [-0.2, -0.15) is 5.10 Å². The summed E-state index contributed by atoms with van der Waals surface area (Å²) >= 11 is 1.20. The fraction of sp³-hybridized carbons (Fsp3) is 0.500. The minimum absolute atomic E-state index is 0.189. The average Bonchev–Trinajstić information content (AvgIpc) is 3.28. The van der Waals surface area contributed by atoms with E-state index in [9.17, 15) is 9.59 Å². The maximum atomic E-state index is 12.1. The number of carbonyl (C=O) groups excluding carboxylic acids is 2. The number of hydrogen-bond acceptors (Lipinski definition) is 6. The van der Waals surface area contributed by atoms with E-state index in [0.29, 0.717) is 17.8 Å². The average molecular weight is 348 g/mol. The predicted octanol–water partition coefficient (Wildman–Crippen LogP) is 2.81. The predicted molar refractivity (Wildman–Crippen MR) is 90.1 cm³/mol. The molecule has 0 aromatic carbocycles. The normalized spacial score (nSPS) is 14.7. The van der Waals surface area contributed by atoms with E-state index in [-0.39, 0.29) is 18.0 Å². The molecule has 7 nitrogen and oxygen atoms in total. The van der Waals surface area contributed by atoms with Crippen LogP contribution < -0.4 is 5.32 Å². The SMILES string of the molecule is CCOC(=O)c1csc(NC(=O)Cc2ccn(C3CCCC3)n2)n1. The molecular weight excluding hydrogens is 328 g/mol. The second kappa shape index (κ2) is 7.57. The fourth-order valence-corrected chi connectivity index (χ4v) is 3.50. The van der Waals surface area contributed by atoms with Gasteiger partial charge in [-0.05, 0) is 25.8 Å². The summed E-state index contributed by atoms with van der Waals surface area (Å²) in [5.41, 5.74) is 0.948. The van der Waals surface area contributed by atoms with E-state index < -0.39 is 5.97 Å². The van der Waals surface area contributed by atoms with Crippen LogP contribution in [0.25, 0.3) is 0 Å². The van der Waals surface area contributed by atoms with Crippen molar-refractivity contribution in [2.24, 2.45) is 0 Å². The zero-order valence-corrected chi connectivity index (χ0v) is 14.3. The lowest BCUT2D eigenvalue weighted by Gasteiger charge is -2.08. The second-order valence-corrected chi connectivity index (χ2v) is 6.57. The van der Waals surface area contributed by atoms with Crippen LogP contribution in [0.4, 0.5) is 5.13 Å². The number of rotatable bonds is 6. The van der Waals surface area contributed by atoms with Crippen LogP contribution in [0.3, 0.4) is 0 Å². The molecule has 3 rings (SSSR count). The van der Waals surface area contributed by atoms with Crippen molar-refractivity contribution in [3.63, 3.8) is 0 Å². The molecule has 0 saturated heterocycles. The molecule has 0 bridgehead atoms. The summed E-state index contributed by atoms with van der Waals surface area (Å²) in [6.45, 7) is 2.03. The highest BCUT2D eigenvalue weighted by Gasteiger charge is 2.18. The minimum atomic E-state index is -0.482. The Morgan fingerprint density at radius 1 is 1.42 bits per heavy atom. The van der Waals surface area contributed by atoms with E-state index in [0.717, 1.165) is 18.5 Å². The van der Waals surface area contributed by atoms with Crippen LogP contribution in [-0.2, 0) is 16.0 Å². The molecule has 1 aliphatic carbocycles. The molecule has 1 N–H and O–H groups in total. The third-order valence-corrected chi connectivity index (χ3v) is 4.70. The number of aromatic nitrogens is 3. The first kappa shape index (κ1) is 16.6. The summed E-state index contributed by atoms with van der Waals surface area (Å²) in [6, 6.07) is 2.34. The Morgan fingerprint density at radius 2 is 2.21 bits per heavy atom. The van der Waals surface area contributed by atoms with Gasteiger partial charge in [0.25, 0.3) is 0 Å². The monoisotopic (exact) mass is 348 g/mol. The molecule has 2 aromatic heterocycles. The molecule has 128 valence electrons. The molecule has 1 amide bonds. The molecule has 0 atom stereocenters. The maximum absolute atomic E-state index is 12.1. The Balaban J connectivity index is 1.55. The van der Waals surface area contributed by atoms with Crippen molar-refractivity contribution in [1.29, 1.82) is 0 Å². The molecule has 1 aliphatic rings. The Labute approximate surface area is 144 Å². The lowest BCUT2D eigenvalue weighted by molar-refractivity contribution is -0.115. The molecule has 1 fully saturated rings. The van der Waals surface area contributed by atoms with Gasteiger partial charge in [0.15, 0.2) is 10.8 Å². The zero-order chi connectivity index (χ0) is 16.9. The standard InChI is InChI=1S/C16H20N4O3S/c1-2-23-15(22)13-10-24-16(17-13)18-14(21)9-11-7-8-20(19-11)12-5-3-4-6-12/h7-8,10,12H,2-6,9H2,1H3,(H,17,18,21). The van der Waals surface area contributed by atoms with Crippen LogP contribution in [-0.4, -0.2) is 33.2 Å². The first-order valence-electron chi connectivity index (χ1n) is 8.12. The number of ether oxygens (including phenoxy) is 1. The van der Waals surface area contributed by atoms with Gasteiger partial charge in [-0.1, -0.05) is 12.8 Å². The number of nitrogens with zero attached hydrogens (tertiary/aromatic N) is 3. The van der Waals surface area contributed by atoms with E-state index in [1.165, 1.54) is 24.2 Å². The van der Waals surface area contributed by atoms with Crippen molar-refractivity contribution in [3.8, 4) is 0 Å². The smallest absolute Gasteiger partial charge is 0.357 e. The summed E-state index contributed by atoms with van der Waals surface area (Å²) in [6.07, 6.45) is 6.93. The van der Waals surface area contributed by atoms with Crippen molar-refractivity contribution < 1.29 is 14.3 Å². The molecular formula is C16H20N4O3S. The number of hydrogen-bond donors (Lipinski definition) is 1. The largest absolute Gasteiger partial charge is 0.461 e. The molecule has 8 heteroatoms. The van der Waals surface area contributed by atoms with Gasteiger partial charge in [-0.15, -0.1) is 11.3 Å². The van der Waals surface area contributed by atoms with Gasteiger partial charge >= 0.3 is 5.97 Å². The van der Waals surface area contributed by atoms with Crippen molar-refractivity contribution in [2.45, 2.75) is 45.1 Å². The summed E-state index contributed by atoms with van der Waals surface area (Å²) < 4.78 is 6.84. The highest BCUT2D eigenvalue weighted by molar-refractivity contribution is 7.14. The second-order valence-electron chi connectivity index (χ2n) is 5.71. The Morgan fingerprint density at radius 3 is 2.96 bits per heavy atom. The van der Waals surface area contributed by atoms with Crippen LogP contribution in [0, 0.1) is 0 Å². The number of amides is 1. The third kappa shape index (κ3) is 4.00. The van der Waals surface area contributed by atoms with Crippen molar-refractivity contribution in [1.82, 2.24) is 14.8 Å². The molecule has 2 aromatic rings. The van der Waals surface area contributed by atoms with Crippen molar-refractivity contribution in [3.05, 3.63) is 29.0 Å². The highest BCUT2D eigenvalue weighted by Crippen LogP contribution is 2.28. The van der Waals surface area contributed by atoms with Gasteiger partial charge in [0.2, 0.25) is 5.91 Å². The lowest BCUT2D eigenvalue weighted by Crippen LogP contribution is -2.15. The van der Waals surface area contributed by atoms with E-state index in [2.05, 4.69) is 15.4 Å². The van der Waals surface area contributed by atoms with Crippen LogP contribution in [0.1, 0.15) is 54.8 Å². The van der Waals surface area contributed by atoms with E-state index in [4.69, 9.17) is 4.74 Å². The highest BCUT2D eigenvalue weighted by atomic mass is 32.1. The molecule has 0 radical (unpaired) electrons. The lowest BCUT2D eigenvalue weighted by atomic mass is 10.3. The molecule has 0 unspecified atom stereocenters. The van der Waals surface area contributed by atoms with Gasteiger partial charge in [0.05, 0.1) is 24.8 Å². The molecule has 2 heterocycles. The van der Waals surface area contributed by atoms with Crippen LogP contribution in [0.15, 0.2) is 17.6 Å². The van der Waals surface area contributed by atoms with Gasteiger partial charge in [0, 0.05) is 11.6 Å². The molecule has 0 aliphatic heterocycles. The maximum Gasteiger partial charge on any atom is 0.357 e. The van der Waals surface area contributed by atoms with Gasteiger partial charge in [-0.3, -0.25) is 9.48 Å². The minimum Gasteiger partial charge on any atom is -0.461 e. The van der Waals surface area contributed by atoms with Crippen molar-refractivity contribution >= 4 is 28.3 Å². The molecule has 0 spiro atoms. The van der Waals surface area contributed by atoms with Crippen LogP contribution in [0.5, 0.6) is 0 Å². The van der Waals surface area contributed by atoms with Gasteiger partial charge in [0.1, 0.15) is 0 Å². The van der Waals surface area contributed by atoms with Gasteiger partial charge in [-0.25, -0.2) is 9.78 Å².